The van der Waals surface area contributed by atoms with E-state index in [2.05, 4.69) is 21.1 Å². The molecule has 0 radical (unpaired) electrons. The van der Waals surface area contributed by atoms with Gasteiger partial charge in [0.2, 0.25) is 5.89 Å². The summed E-state index contributed by atoms with van der Waals surface area (Å²) in [5.74, 6) is 1.61. The van der Waals surface area contributed by atoms with Crippen molar-refractivity contribution in [2.45, 2.75) is 32.5 Å². The third-order valence-electron chi connectivity index (χ3n) is 3.57. The maximum absolute atomic E-state index is 11.7. The highest BCUT2D eigenvalue weighted by molar-refractivity contribution is 7.91. The molecule has 0 amide bonds. The Morgan fingerprint density at radius 2 is 2.33 bits per heavy atom. The van der Waals surface area contributed by atoms with Crippen molar-refractivity contribution >= 4 is 21.2 Å². The maximum atomic E-state index is 11.7. The fraction of sp³-hybridized carbons (Fsp3) is 0.538. The second-order valence-corrected chi connectivity index (χ2v) is 8.54. The number of nitrogens with zero attached hydrogens (tertiary/aromatic N) is 3. The molecule has 0 aliphatic carbocycles. The van der Waals surface area contributed by atoms with Crippen LogP contribution < -0.4 is 0 Å². The summed E-state index contributed by atoms with van der Waals surface area (Å²) in [5, 5.41) is 5.82. The van der Waals surface area contributed by atoms with Crippen molar-refractivity contribution in [2.75, 3.05) is 11.5 Å². The van der Waals surface area contributed by atoms with E-state index < -0.39 is 9.84 Å². The predicted octanol–water partition coefficient (Wildman–Crippen LogP) is 1.63. The molecule has 0 unspecified atom stereocenters. The maximum Gasteiger partial charge on any atom is 0.240 e. The van der Waals surface area contributed by atoms with Crippen LogP contribution >= 0.6 is 11.3 Å². The Morgan fingerprint density at radius 3 is 2.90 bits per heavy atom. The Morgan fingerprint density at radius 1 is 1.48 bits per heavy atom. The van der Waals surface area contributed by atoms with Gasteiger partial charge in [0.1, 0.15) is 0 Å². The lowest BCUT2D eigenvalue weighted by atomic mass is 10.2. The van der Waals surface area contributed by atoms with Crippen LogP contribution in [0.1, 0.15) is 23.0 Å². The van der Waals surface area contributed by atoms with Gasteiger partial charge in [0, 0.05) is 17.5 Å². The summed E-state index contributed by atoms with van der Waals surface area (Å²) in [5.41, 5.74) is 0. The van der Waals surface area contributed by atoms with E-state index in [0.717, 1.165) is 0 Å². The molecule has 3 rings (SSSR count). The molecule has 0 aromatic carbocycles. The van der Waals surface area contributed by atoms with Gasteiger partial charge >= 0.3 is 0 Å². The van der Waals surface area contributed by atoms with Gasteiger partial charge in [-0.3, -0.25) is 4.90 Å². The normalized spacial score (nSPS) is 21.1. The molecule has 114 valence electrons. The molecule has 2 aromatic rings. The lowest BCUT2D eigenvalue weighted by molar-refractivity contribution is 0.170. The number of aryl methyl sites for hydroxylation is 1. The van der Waals surface area contributed by atoms with Crippen LogP contribution in [-0.2, 0) is 22.9 Å². The summed E-state index contributed by atoms with van der Waals surface area (Å²) >= 11 is 1.67. The predicted molar refractivity (Wildman–Crippen MR) is 79.7 cm³/mol. The quantitative estimate of drug-likeness (QED) is 0.831. The van der Waals surface area contributed by atoms with Gasteiger partial charge in [-0.1, -0.05) is 11.2 Å². The first-order chi connectivity index (χ1) is 10.0. The van der Waals surface area contributed by atoms with Crippen LogP contribution in [0.2, 0.25) is 0 Å². The standard InChI is InChI=1S/C13H17N3O3S2/c1-10-14-13(19-15-10)8-16(7-12-3-2-5-20-12)11-4-6-21(17,18)9-11/h2-3,5,11H,4,6-9H2,1H3/t11-/m1/s1. The van der Waals surface area contributed by atoms with Crippen LogP contribution in [0, 0.1) is 6.92 Å². The molecule has 0 spiro atoms. The number of thiophene rings is 1. The van der Waals surface area contributed by atoms with Gasteiger partial charge in [0.25, 0.3) is 0 Å². The minimum atomic E-state index is -2.91. The van der Waals surface area contributed by atoms with Crippen molar-refractivity contribution in [1.82, 2.24) is 15.0 Å². The zero-order valence-electron chi connectivity index (χ0n) is 11.7. The van der Waals surface area contributed by atoms with Gasteiger partial charge in [-0.25, -0.2) is 8.42 Å². The third-order valence-corrected chi connectivity index (χ3v) is 6.18. The van der Waals surface area contributed by atoms with Crippen LogP contribution in [0.25, 0.3) is 0 Å². The van der Waals surface area contributed by atoms with Crippen LogP contribution in [0.5, 0.6) is 0 Å². The van der Waals surface area contributed by atoms with Crippen molar-refractivity contribution < 1.29 is 12.9 Å². The molecule has 1 aliphatic heterocycles. The molecule has 0 saturated carbocycles. The van der Waals surface area contributed by atoms with E-state index in [4.69, 9.17) is 4.52 Å². The Labute approximate surface area is 127 Å². The highest BCUT2D eigenvalue weighted by Gasteiger charge is 2.33. The monoisotopic (exact) mass is 327 g/mol. The zero-order valence-corrected chi connectivity index (χ0v) is 13.4. The average Bonchev–Trinajstić information content (AvgIpc) is 3.11. The van der Waals surface area contributed by atoms with E-state index in [1.54, 1.807) is 18.3 Å². The molecule has 2 aromatic heterocycles. The number of rotatable bonds is 5. The molecule has 1 saturated heterocycles. The molecule has 1 atom stereocenters. The SMILES string of the molecule is Cc1noc(CN(Cc2cccs2)[C@@H]2CCS(=O)(=O)C2)n1. The molecule has 0 bridgehead atoms. The van der Waals surface area contributed by atoms with Gasteiger partial charge in [-0.05, 0) is 24.8 Å². The van der Waals surface area contributed by atoms with Crippen LogP contribution in [-0.4, -0.2) is 41.0 Å². The van der Waals surface area contributed by atoms with E-state index >= 15 is 0 Å². The minimum Gasteiger partial charge on any atom is -0.338 e. The van der Waals surface area contributed by atoms with Crippen LogP contribution in [0.4, 0.5) is 0 Å². The number of sulfone groups is 1. The number of hydrogen-bond acceptors (Lipinski definition) is 7. The Bertz CT molecular complexity index is 694. The first-order valence-electron chi connectivity index (χ1n) is 6.78. The fourth-order valence-electron chi connectivity index (χ4n) is 2.56. The van der Waals surface area contributed by atoms with Crippen molar-refractivity contribution in [3.05, 3.63) is 34.1 Å². The lowest BCUT2D eigenvalue weighted by Gasteiger charge is -2.25. The number of hydrogen-bond donors (Lipinski definition) is 0. The minimum absolute atomic E-state index is 0.0179. The third kappa shape index (κ3) is 3.69. The molecular weight excluding hydrogens is 310 g/mol. The van der Waals surface area contributed by atoms with Gasteiger partial charge in [-0.2, -0.15) is 4.98 Å². The molecule has 0 N–H and O–H groups in total. The first-order valence-corrected chi connectivity index (χ1v) is 9.48. The van der Waals surface area contributed by atoms with E-state index in [0.29, 0.717) is 31.2 Å². The van der Waals surface area contributed by atoms with Gasteiger partial charge in [0.05, 0.1) is 18.1 Å². The summed E-state index contributed by atoms with van der Waals surface area (Å²) in [4.78, 5) is 7.55. The summed E-state index contributed by atoms with van der Waals surface area (Å²) in [6, 6.07) is 4.07. The highest BCUT2D eigenvalue weighted by atomic mass is 32.2. The van der Waals surface area contributed by atoms with E-state index in [1.165, 1.54) is 4.88 Å². The molecular formula is C13H17N3O3S2. The Hall–Kier alpha value is -1.25. The van der Waals surface area contributed by atoms with Crippen molar-refractivity contribution in [1.29, 1.82) is 0 Å². The number of aromatic nitrogens is 2. The van der Waals surface area contributed by atoms with Gasteiger partial charge < -0.3 is 4.52 Å². The van der Waals surface area contributed by atoms with E-state index in [-0.39, 0.29) is 17.5 Å². The van der Waals surface area contributed by atoms with Crippen LogP contribution in [0.3, 0.4) is 0 Å². The van der Waals surface area contributed by atoms with Crippen LogP contribution in [0.15, 0.2) is 22.0 Å². The van der Waals surface area contributed by atoms with Crippen molar-refractivity contribution in [3.63, 3.8) is 0 Å². The summed E-state index contributed by atoms with van der Waals surface area (Å²) < 4.78 is 28.6. The van der Waals surface area contributed by atoms with Gasteiger partial charge in [0.15, 0.2) is 15.7 Å². The lowest BCUT2D eigenvalue weighted by Crippen LogP contribution is -2.35. The molecule has 1 aliphatic rings. The average molecular weight is 327 g/mol. The second kappa shape index (κ2) is 5.86. The smallest absolute Gasteiger partial charge is 0.240 e. The van der Waals surface area contributed by atoms with Crippen molar-refractivity contribution in [3.8, 4) is 0 Å². The molecule has 6 nitrogen and oxygen atoms in total. The largest absolute Gasteiger partial charge is 0.338 e. The molecule has 21 heavy (non-hydrogen) atoms. The topological polar surface area (TPSA) is 76.3 Å². The van der Waals surface area contributed by atoms with Crippen molar-refractivity contribution in [2.24, 2.45) is 0 Å². The highest BCUT2D eigenvalue weighted by Crippen LogP contribution is 2.23. The molecule has 3 heterocycles. The van der Waals surface area contributed by atoms with E-state index in [9.17, 15) is 8.42 Å². The second-order valence-electron chi connectivity index (χ2n) is 5.28. The molecule has 1 fully saturated rings. The molecule has 8 heteroatoms. The Balaban J connectivity index is 1.77. The van der Waals surface area contributed by atoms with E-state index in [1.807, 2.05) is 11.4 Å². The summed E-state index contributed by atoms with van der Waals surface area (Å²) in [6.07, 6.45) is 0.667. The first kappa shape index (κ1) is 14.7. The zero-order chi connectivity index (χ0) is 14.9. The van der Waals surface area contributed by atoms with Gasteiger partial charge in [-0.15, -0.1) is 11.3 Å². The Kier molecular flexibility index (Phi) is 4.10. The summed E-state index contributed by atoms with van der Waals surface area (Å²) in [7, 11) is -2.91. The fourth-order valence-corrected chi connectivity index (χ4v) is 5.05. The summed E-state index contributed by atoms with van der Waals surface area (Å²) in [6.45, 7) is 2.97.